The van der Waals surface area contributed by atoms with Crippen LogP contribution in [0.1, 0.15) is 11.6 Å². The van der Waals surface area contributed by atoms with Gasteiger partial charge in [-0.05, 0) is 6.07 Å². The average molecular weight is 286 g/mol. The monoisotopic (exact) mass is 286 g/mol. The number of para-hydroxylation sites is 1. The Morgan fingerprint density at radius 2 is 2.24 bits per heavy atom. The van der Waals surface area contributed by atoms with Crippen molar-refractivity contribution in [3.05, 3.63) is 36.2 Å². The highest BCUT2D eigenvalue weighted by Gasteiger charge is 2.44. The summed E-state index contributed by atoms with van der Waals surface area (Å²) in [6.45, 7) is 0.482. The Morgan fingerprint density at radius 3 is 3.10 bits per heavy atom. The molecular weight excluding hydrogens is 272 g/mol. The van der Waals surface area contributed by atoms with E-state index in [1.807, 2.05) is 24.3 Å². The number of ether oxygens (including phenoxy) is 1. The van der Waals surface area contributed by atoms with Gasteiger partial charge in [-0.2, -0.15) is 10.1 Å². The highest BCUT2D eigenvalue weighted by molar-refractivity contribution is 5.93. The third kappa shape index (κ3) is 2.05. The maximum absolute atomic E-state index is 12.3. The smallest absolute Gasteiger partial charge is 0.245 e. The molecule has 0 aliphatic carbocycles. The second-order valence-electron chi connectivity index (χ2n) is 5.08. The Balaban J connectivity index is 1.54. The quantitative estimate of drug-likeness (QED) is 0.618. The molecule has 2 aliphatic heterocycles. The molecule has 3 atom stereocenters. The minimum atomic E-state index is -0.395. The van der Waals surface area contributed by atoms with Crippen LogP contribution in [0.15, 0.2) is 30.6 Å². The summed E-state index contributed by atoms with van der Waals surface area (Å²) in [6, 6.07) is 7.52. The lowest BCUT2D eigenvalue weighted by Crippen LogP contribution is -2.43. The van der Waals surface area contributed by atoms with E-state index in [9.17, 15) is 4.79 Å². The predicted molar refractivity (Wildman–Crippen MR) is 73.2 cm³/mol. The molecule has 4 N–H and O–H groups in total. The molecule has 3 heterocycles. The average Bonchev–Trinajstić information content (AvgIpc) is 3.15. The van der Waals surface area contributed by atoms with Gasteiger partial charge in [-0.15, -0.1) is 0 Å². The van der Waals surface area contributed by atoms with Gasteiger partial charge in [0.2, 0.25) is 11.9 Å². The molecule has 108 valence electrons. The zero-order chi connectivity index (χ0) is 14.2. The van der Waals surface area contributed by atoms with Crippen LogP contribution >= 0.6 is 0 Å². The molecule has 0 saturated carbocycles. The largest absolute Gasteiger partial charge is 0.493 e. The fourth-order valence-corrected chi connectivity index (χ4v) is 2.86. The van der Waals surface area contributed by atoms with Gasteiger partial charge in [0.25, 0.3) is 0 Å². The molecule has 0 bridgehead atoms. The first kappa shape index (κ1) is 12.3. The fourth-order valence-electron chi connectivity index (χ4n) is 2.86. The molecule has 2 aromatic rings. The Morgan fingerprint density at radius 1 is 1.33 bits per heavy atom. The molecule has 4 rings (SSSR count). The van der Waals surface area contributed by atoms with Crippen LogP contribution in [0.25, 0.3) is 0 Å². The van der Waals surface area contributed by atoms with Crippen molar-refractivity contribution in [2.75, 3.05) is 11.9 Å². The van der Waals surface area contributed by atoms with Gasteiger partial charge in [0, 0.05) is 11.5 Å². The summed E-state index contributed by atoms with van der Waals surface area (Å²) in [5, 5.41) is 9.00. The zero-order valence-corrected chi connectivity index (χ0v) is 11.0. The lowest BCUT2D eigenvalue weighted by Gasteiger charge is -2.29. The van der Waals surface area contributed by atoms with Crippen molar-refractivity contribution in [1.29, 1.82) is 0 Å². The van der Waals surface area contributed by atoms with E-state index in [0.717, 1.165) is 11.3 Å². The highest BCUT2D eigenvalue weighted by atomic mass is 16.5. The molecule has 8 heteroatoms. The number of hydrazine groups is 1. The maximum Gasteiger partial charge on any atom is 0.245 e. The van der Waals surface area contributed by atoms with Crippen LogP contribution in [0, 0.1) is 5.92 Å². The molecule has 21 heavy (non-hydrogen) atoms. The summed E-state index contributed by atoms with van der Waals surface area (Å²) >= 11 is 0. The number of hydrogen-bond acceptors (Lipinski definition) is 6. The zero-order valence-electron chi connectivity index (χ0n) is 11.0. The van der Waals surface area contributed by atoms with Crippen LogP contribution in [0.5, 0.6) is 5.75 Å². The fraction of sp³-hybridized carbons (Fsp3) is 0.308. The first-order valence-corrected chi connectivity index (χ1v) is 6.72. The SMILES string of the molecule is O=C(Nc1ncn[nH]1)C1NNC2c3ccccc3OCC12. The van der Waals surface area contributed by atoms with Crippen LogP contribution in [0.3, 0.4) is 0 Å². The number of aromatic amines is 1. The molecule has 2 aliphatic rings. The first-order chi connectivity index (χ1) is 10.3. The number of benzene rings is 1. The molecule has 0 spiro atoms. The molecule has 1 amide bonds. The summed E-state index contributed by atoms with van der Waals surface area (Å²) in [6.07, 6.45) is 1.35. The topological polar surface area (TPSA) is 104 Å². The number of carbonyl (C=O) groups excluding carboxylic acids is 1. The number of nitrogens with one attached hydrogen (secondary N) is 4. The number of carbonyl (C=O) groups is 1. The number of rotatable bonds is 2. The Hall–Kier alpha value is -2.45. The molecule has 1 aromatic heterocycles. The normalized spacial score (nSPS) is 26.6. The van der Waals surface area contributed by atoms with Gasteiger partial charge in [-0.25, -0.2) is 16.0 Å². The maximum atomic E-state index is 12.3. The van der Waals surface area contributed by atoms with Gasteiger partial charge in [-0.1, -0.05) is 18.2 Å². The van der Waals surface area contributed by atoms with Gasteiger partial charge in [0.05, 0.1) is 12.6 Å². The molecular formula is C13H14N6O2. The molecule has 1 fully saturated rings. The van der Waals surface area contributed by atoms with Gasteiger partial charge >= 0.3 is 0 Å². The third-order valence-electron chi connectivity index (χ3n) is 3.88. The van der Waals surface area contributed by atoms with Crippen molar-refractivity contribution < 1.29 is 9.53 Å². The van der Waals surface area contributed by atoms with E-state index in [-0.39, 0.29) is 17.9 Å². The molecule has 8 nitrogen and oxygen atoms in total. The van der Waals surface area contributed by atoms with Gasteiger partial charge in [0.1, 0.15) is 18.1 Å². The van der Waals surface area contributed by atoms with E-state index >= 15 is 0 Å². The number of hydrogen-bond donors (Lipinski definition) is 4. The lowest BCUT2D eigenvalue weighted by atomic mass is 9.87. The van der Waals surface area contributed by atoms with Crippen LogP contribution in [0.2, 0.25) is 0 Å². The van der Waals surface area contributed by atoms with Crippen molar-refractivity contribution >= 4 is 11.9 Å². The van der Waals surface area contributed by atoms with Gasteiger partial charge < -0.3 is 4.74 Å². The number of H-pyrrole nitrogens is 1. The first-order valence-electron chi connectivity index (χ1n) is 6.72. The van der Waals surface area contributed by atoms with Crippen molar-refractivity contribution in [2.45, 2.75) is 12.1 Å². The van der Waals surface area contributed by atoms with E-state index in [2.05, 4.69) is 31.3 Å². The second kappa shape index (κ2) is 4.83. The van der Waals surface area contributed by atoms with E-state index in [1.165, 1.54) is 6.33 Å². The molecule has 0 radical (unpaired) electrons. The lowest BCUT2D eigenvalue weighted by molar-refractivity contribution is -0.119. The standard InChI is InChI=1S/C13H14N6O2/c20-12(16-13-14-6-15-19-13)11-8-5-21-9-4-2-1-3-7(9)10(8)17-18-11/h1-4,6,8,10-11,17-18H,5H2,(H2,14,15,16,19,20). The van der Waals surface area contributed by atoms with E-state index in [1.54, 1.807) is 0 Å². The summed E-state index contributed by atoms with van der Waals surface area (Å²) in [7, 11) is 0. The van der Waals surface area contributed by atoms with Gasteiger partial charge in [-0.3, -0.25) is 10.1 Å². The Bertz CT molecular complexity index is 658. The third-order valence-corrected chi connectivity index (χ3v) is 3.88. The number of nitrogens with zero attached hydrogens (tertiary/aromatic N) is 2. The molecule has 1 saturated heterocycles. The number of aromatic nitrogens is 3. The molecule has 3 unspecified atom stereocenters. The van der Waals surface area contributed by atoms with Crippen molar-refractivity contribution in [2.24, 2.45) is 5.92 Å². The van der Waals surface area contributed by atoms with Crippen LogP contribution < -0.4 is 20.9 Å². The minimum Gasteiger partial charge on any atom is -0.493 e. The summed E-state index contributed by atoms with van der Waals surface area (Å²) in [5.74, 6) is 1.05. The number of amides is 1. The number of fused-ring (bicyclic) bond motifs is 3. The van der Waals surface area contributed by atoms with Crippen LogP contribution in [-0.2, 0) is 4.79 Å². The number of anilines is 1. The van der Waals surface area contributed by atoms with E-state index < -0.39 is 6.04 Å². The Kier molecular flexibility index (Phi) is 2.83. The van der Waals surface area contributed by atoms with E-state index in [0.29, 0.717) is 12.6 Å². The van der Waals surface area contributed by atoms with Crippen LogP contribution in [-0.4, -0.2) is 33.7 Å². The Labute approximate surface area is 120 Å². The van der Waals surface area contributed by atoms with Crippen molar-refractivity contribution in [3.63, 3.8) is 0 Å². The van der Waals surface area contributed by atoms with Gasteiger partial charge in [0.15, 0.2) is 0 Å². The van der Waals surface area contributed by atoms with Crippen molar-refractivity contribution in [3.8, 4) is 5.75 Å². The highest BCUT2D eigenvalue weighted by Crippen LogP contribution is 2.38. The van der Waals surface area contributed by atoms with Crippen LogP contribution in [0.4, 0.5) is 5.95 Å². The second-order valence-corrected chi connectivity index (χ2v) is 5.08. The summed E-state index contributed by atoms with van der Waals surface area (Å²) in [4.78, 5) is 16.2. The summed E-state index contributed by atoms with van der Waals surface area (Å²) in [5.41, 5.74) is 7.30. The van der Waals surface area contributed by atoms with Crippen molar-refractivity contribution in [1.82, 2.24) is 26.0 Å². The summed E-state index contributed by atoms with van der Waals surface area (Å²) < 4.78 is 5.76. The molecule has 1 aromatic carbocycles. The predicted octanol–water partition coefficient (Wildman–Crippen LogP) is -0.0305. The van der Waals surface area contributed by atoms with E-state index in [4.69, 9.17) is 4.74 Å². The minimum absolute atomic E-state index is 0.0165.